The molecule has 0 saturated heterocycles. The van der Waals surface area contributed by atoms with Crippen LogP contribution in [0.25, 0.3) is 5.65 Å². The topological polar surface area (TPSA) is 175 Å². The third-order valence-electron chi connectivity index (χ3n) is 5.04. The fourth-order valence-electron chi connectivity index (χ4n) is 3.65. The monoisotopic (exact) mass is 410 g/mol. The minimum absolute atomic E-state index is 0.00732. The Morgan fingerprint density at radius 3 is 2.70 bits per heavy atom. The number of amides is 1. The molecule has 0 bridgehead atoms. The second-order valence-electron chi connectivity index (χ2n) is 6.82. The van der Waals surface area contributed by atoms with Gasteiger partial charge in [-0.05, 0) is 36.1 Å². The van der Waals surface area contributed by atoms with Crippen LogP contribution >= 0.6 is 0 Å². The predicted octanol–water partition coefficient (Wildman–Crippen LogP) is 0.796. The van der Waals surface area contributed by atoms with Crippen LogP contribution in [0.1, 0.15) is 54.9 Å². The van der Waals surface area contributed by atoms with Crippen LogP contribution in [0.2, 0.25) is 0 Å². The lowest BCUT2D eigenvalue weighted by Crippen LogP contribution is -2.28. The number of hydrogen-bond acceptors (Lipinski definition) is 8. The number of carbonyl (C=O) groups excluding carboxylic acids is 2. The molecule has 154 valence electrons. The number of anilines is 2. The lowest BCUT2D eigenvalue weighted by atomic mass is 10.0. The highest BCUT2D eigenvalue weighted by atomic mass is 16.5. The van der Waals surface area contributed by atoms with E-state index in [0.29, 0.717) is 18.4 Å². The molecule has 0 fully saturated rings. The minimum atomic E-state index is -1.30. The zero-order valence-electron chi connectivity index (χ0n) is 15.9. The highest BCUT2D eigenvalue weighted by molar-refractivity contribution is 5.97. The predicted molar refractivity (Wildman–Crippen MR) is 105 cm³/mol. The van der Waals surface area contributed by atoms with Crippen molar-refractivity contribution in [3.05, 3.63) is 52.3 Å². The maximum Gasteiger partial charge on any atom is 0.353 e. The smallest absolute Gasteiger partial charge is 0.353 e. The number of nitrogen functional groups attached to an aromatic ring is 2. The Balaban J connectivity index is 1.65. The van der Waals surface area contributed by atoms with Crippen molar-refractivity contribution < 1.29 is 24.2 Å². The van der Waals surface area contributed by atoms with Crippen LogP contribution in [0, 0.1) is 0 Å². The number of aromatic carboxylic acids is 1. The number of aromatic nitrogens is 3. The SMILES string of the molecule is COC(=O)c1ccc2c(c1)CC[C@@H]2NC(=O)c1cc(C(=O)O)n2c(N)nc(N)c2n1. The Hall–Kier alpha value is -4.15. The Labute approximate surface area is 169 Å². The lowest BCUT2D eigenvalue weighted by Gasteiger charge is -2.15. The summed E-state index contributed by atoms with van der Waals surface area (Å²) in [6.07, 6.45) is 1.30. The van der Waals surface area contributed by atoms with Gasteiger partial charge in [-0.2, -0.15) is 4.98 Å². The Bertz CT molecular complexity index is 1220. The van der Waals surface area contributed by atoms with Crippen molar-refractivity contribution in [1.29, 1.82) is 0 Å². The summed E-state index contributed by atoms with van der Waals surface area (Å²) in [6.45, 7) is 0. The van der Waals surface area contributed by atoms with Crippen LogP contribution in [0.4, 0.5) is 11.8 Å². The first-order valence-electron chi connectivity index (χ1n) is 9.00. The van der Waals surface area contributed by atoms with Crippen LogP contribution < -0.4 is 16.8 Å². The molecule has 0 radical (unpaired) electrons. The molecular formula is C19H18N6O5. The van der Waals surface area contributed by atoms with Crippen molar-refractivity contribution in [2.75, 3.05) is 18.6 Å². The first-order chi connectivity index (χ1) is 14.3. The van der Waals surface area contributed by atoms with Crippen LogP contribution in [0.3, 0.4) is 0 Å². The van der Waals surface area contributed by atoms with Gasteiger partial charge < -0.3 is 26.6 Å². The molecule has 30 heavy (non-hydrogen) atoms. The quantitative estimate of drug-likeness (QED) is 0.453. The molecule has 2 aromatic heterocycles. The number of esters is 1. The molecule has 11 heteroatoms. The van der Waals surface area contributed by atoms with Crippen LogP contribution in [-0.2, 0) is 11.2 Å². The highest BCUT2D eigenvalue weighted by Crippen LogP contribution is 2.32. The number of ether oxygens (including phenoxy) is 1. The van der Waals surface area contributed by atoms with Crippen LogP contribution in [0.5, 0.6) is 0 Å². The summed E-state index contributed by atoms with van der Waals surface area (Å²) in [6, 6.07) is 5.97. The number of rotatable bonds is 4. The van der Waals surface area contributed by atoms with Gasteiger partial charge in [0.15, 0.2) is 11.5 Å². The summed E-state index contributed by atoms with van der Waals surface area (Å²) in [4.78, 5) is 44.1. The first kappa shape index (κ1) is 19.2. The summed E-state index contributed by atoms with van der Waals surface area (Å²) in [5.41, 5.74) is 13.3. The van der Waals surface area contributed by atoms with Gasteiger partial charge in [0.1, 0.15) is 11.4 Å². The summed E-state index contributed by atoms with van der Waals surface area (Å²) >= 11 is 0. The van der Waals surface area contributed by atoms with Crippen LogP contribution in [-0.4, -0.2) is 44.4 Å². The van der Waals surface area contributed by atoms with E-state index in [1.54, 1.807) is 18.2 Å². The van der Waals surface area contributed by atoms with Crippen molar-refractivity contribution >= 4 is 35.3 Å². The lowest BCUT2D eigenvalue weighted by molar-refractivity contribution is 0.0599. The van der Waals surface area contributed by atoms with Gasteiger partial charge >= 0.3 is 11.9 Å². The second kappa shape index (κ2) is 7.03. The molecule has 6 N–H and O–H groups in total. The first-order valence-corrected chi connectivity index (χ1v) is 9.00. The average Bonchev–Trinajstić information content (AvgIpc) is 3.26. The summed E-state index contributed by atoms with van der Waals surface area (Å²) in [7, 11) is 1.31. The molecular weight excluding hydrogens is 392 g/mol. The fourth-order valence-corrected chi connectivity index (χ4v) is 3.65. The van der Waals surface area contributed by atoms with E-state index >= 15 is 0 Å². The van der Waals surface area contributed by atoms with Gasteiger partial charge in [0.05, 0.1) is 18.7 Å². The number of aryl methyl sites for hydroxylation is 1. The number of hydrogen-bond donors (Lipinski definition) is 4. The number of methoxy groups -OCH3 is 1. The van der Waals surface area contributed by atoms with Gasteiger partial charge in [-0.1, -0.05) is 6.07 Å². The summed E-state index contributed by atoms with van der Waals surface area (Å²) in [5, 5.41) is 12.3. The van der Waals surface area contributed by atoms with Crippen molar-refractivity contribution in [2.24, 2.45) is 0 Å². The normalized spacial score (nSPS) is 15.0. The molecule has 1 amide bonds. The molecule has 4 rings (SSSR count). The van der Waals surface area contributed by atoms with E-state index in [9.17, 15) is 19.5 Å². The maximum atomic E-state index is 12.8. The van der Waals surface area contributed by atoms with Gasteiger partial charge in [0.2, 0.25) is 5.95 Å². The van der Waals surface area contributed by atoms with Crippen molar-refractivity contribution in [2.45, 2.75) is 18.9 Å². The van der Waals surface area contributed by atoms with Gasteiger partial charge in [-0.25, -0.2) is 14.6 Å². The molecule has 0 aliphatic heterocycles. The number of benzene rings is 1. The number of nitrogens with one attached hydrogen (secondary N) is 1. The average molecular weight is 410 g/mol. The third kappa shape index (κ3) is 3.05. The van der Waals surface area contributed by atoms with E-state index in [2.05, 4.69) is 15.3 Å². The highest BCUT2D eigenvalue weighted by Gasteiger charge is 2.27. The van der Waals surface area contributed by atoms with Gasteiger partial charge in [0, 0.05) is 6.07 Å². The van der Waals surface area contributed by atoms with E-state index in [1.807, 2.05) is 0 Å². The standard InChI is InChI=1S/C19H18N6O5/c1-30-18(29)9-2-4-10-8(6-9)3-5-11(10)23-16(26)12-7-13(17(27)28)25-15(22-12)14(20)24-19(25)21/h2,4,6-7,11H,3,5,20H2,1H3,(H2,21,24)(H,23,26)(H,27,28)/t11-/m0/s1. The van der Waals surface area contributed by atoms with E-state index in [4.69, 9.17) is 16.2 Å². The van der Waals surface area contributed by atoms with E-state index < -0.39 is 17.8 Å². The Kier molecular flexibility index (Phi) is 4.49. The van der Waals surface area contributed by atoms with E-state index in [-0.39, 0.29) is 34.8 Å². The maximum absolute atomic E-state index is 12.8. The Morgan fingerprint density at radius 1 is 1.23 bits per heavy atom. The minimum Gasteiger partial charge on any atom is -0.477 e. The summed E-state index contributed by atoms with van der Waals surface area (Å²) < 4.78 is 5.81. The summed E-state index contributed by atoms with van der Waals surface area (Å²) in [5.74, 6) is -2.51. The van der Waals surface area contributed by atoms with Crippen molar-refractivity contribution in [1.82, 2.24) is 19.7 Å². The molecule has 11 nitrogen and oxygen atoms in total. The zero-order chi connectivity index (χ0) is 21.6. The van der Waals surface area contributed by atoms with E-state index in [1.165, 1.54) is 7.11 Å². The molecule has 1 aromatic carbocycles. The van der Waals surface area contributed by atoms with Crippen molar-refractivity contribution in [3.63, 3.8) is 0 Å². The molecule has 0 unspecified atom stereocenters. The molecule has 1 atom stereocenters. The third-order valence-corrected chi connectivity index (χ3v) is 5.04. The number of fused-ring (bicyclic) bond motifs is 2. The molecule has 0 spiro atoms. The zero-order valence-corrected chi connectivity index (χ0v) is 15.9. The number of carboxylic acid groups (broad SMARTS) is 1. The molecule has 2 heterocycles. The number of carboxylic acids is 1. The number of carbonyl (C=O) groups is 3. The number of nitrogens with two attached hydrogens (primary N) is 2. The molecule has 3 aromatic rings. The van der Waals surface area contributed by atoms with Gasteiger partial charge in [-0.3, -0.25) is 9.20 Å². The molecule has 1 aliphatic rings. The number of nitrogens with zero attached hydrogens (tertiary/aromatic N) is 3. The molecule has 1 aliphatic carbocycles. The van der Waals surface area contributed by atoms with Gasteiger partial charge in [0.25, 0.3) is 5.91 Å². The fraction of sp³-hybridized carbons (Fsp3) is 0.211. The largest absolute Gasteiger partial charge is 0.477 e. The van der Waals surface area contributed by atoms with Gasteiger partial charge in [-0.15, -0.1) is 0 Å². The van der Waals surface area contributed by atoms with Crippen LogP contribution in [0.15, 0.2) is 24.3 Å². The number of imidazole rings is 1. The second-order valence-corrected chi connectivity index (χ2v) is 6.82. The Morgan fingerprint density at radius 2 is 2.00 bits per heavy atom. The van der Waals surface area contributed by atoms with E-state index in [0.717, 1.165) is 21.6 Å². The van der Waals surface area contributed by atoms with Crippen molar-refractivity contribution in [3.8, 4) is 0 Å². The molecule has 0 saturated carbocycles.